The zero-order chi connectivity index (χ0) is 15.8. The van der Waals surface area contributed by atoms with E-state index in [1.807, 2.05) is 13.8 Å². The summed E-state index contributed by atoms with van der Waals surface area (Å²) in [5.41, 5.74) is 7.65. The van der Waals surface area contributed by atoms with E-state index in [2.05, 4.69) is 10.5 Å². The fraction of sp³-hybridized carbons (Fsp3) is 0.769. The van der Waals surface area contributed by atoms with E-state index >= 15 is 0 Å². The van der Waals surface area contributed by atoms with Crippen molar-refractivity contribution in [3.63, 3.8) is 0 Å². The molecule has 8 nitrogen and oxygen atoms in total. The van der Waals surface area contributed by atoms with E-state index in [9.17, 15) is 9.59 Å². The highest BCUT2D eigenvalue weighted by Crippen LogP contribution is 2.24. The summed E-state index contributed by atoms with van der Waals surface area (Å²) in [6.07, 6.45) is 0.804. The second kappa shape index (κ2) is 8.58. The maximum Gasteiger partial charge on any atom is 0.332 e. The first-order valence-electron chi connectivity index (χ1n) is 6.87. The number of nitrogens with two attached hydrogens (primary N) is 1. The highest BCUT2D eigenvalue weighted by Gasteiger charge is 2.34. The molecule has 0 aromatic heterocycles. The monoisotopic (exact) mass is 301 g/mol. The lowest BCUT2D eigenvalue weighted by Gasteiger charge is -2.11. The third-order valence-corrected chi connectivity index (χ3v) is 2.85. The van der Waals surface area contributed by atoms with Crippen molar-refractivity contribution in [2.24, 2.45) is 16.8 Å². The van der Waals surface area contributed by atoms with Crippen LogP contribution >= 0.6 is 0 Å². The van der Waals surface area contributed by atoms with Crippen LogP contribution < -0.4 is 11.2 Å². The summed E-state index contributed by atoms with van der Waals surface area (Å²) < 4.78 is 15.8. The lowest BCUT2D eigenvalue weighted by molar-refractivity contribution is -0.149. The number of amides is 2. The highest BCUT2D eigenvalue weighted by molar-refractivity contribution is 5.88. The topological polar surface area (TPSA) is 112 Å². The first kappa shape index (κ1) is 17.4. The average Bonchev–Trinajstić information content (AvgIpc) is 2.73. The smallest absolute Gasteiger partial charge is 0.332 e. The molecule has 2 unspecified atom stereocenters. The molecule has 1 rings (SSSR count). The molecule has 21 heavy (non-hydrogen) atoms. The molecule has 0 saturated carbocycles. The Balaban J connectivity index is 2.30. The Morgan fingerprint density at radius 3 is 2.90 bits per heavy atom. The summed E-state index contributed by atoms with van der Waals surface area (Å²) in [6, 6.07) is -0.736. The van der Waals surface area contributed by atoms with E-state index in [-0.39, 0.29) is 30.9 Å². The molecule has 1 aliphatic rings. The molecule has 0 aromatic carbocycles. The molecule has 120 valence electrons. The fourth-order valence-corrected chi connectivity index (χ4v) is 1.91. The summed E-state index contributed by atoms with van der Waals surface area (Å²) >= 11 is 0. The number of urea groups is 1. The molecule has 1 fully saturated rings. The number of nitrogens with one attached hydrogen (secondary N) is 1. The first-order chi connectivity index (χ1) is 9.88. The summed E-state index contributed by atoms with van der Waals surface area (Å²) in [7, 11) is 0. The quantitative estimate of drug-likeness (QED) is 0.226. The van der Waals surface area contributed by atoms with Crippen molar-refractivity contribution in [2.45, 2.75) is 45.8 Å². The molecule has 0 aromatic rings. The maximum atomic E-state index is 11.7. The van der Waals surface area contributed by atoms with Crippen molar-refractivity contribution < 1.29 is 23.8 Å². The lowest BCUT2D eigenvalue weighted by Crippen LogP contribution is -2.26. The van der Waals surface area contributed by atoms with Crippen molar-refractivity contribution in [1.29, 1.82) is 0 Å². The number of hydrogen-bond acceptors (Lipinski definition) is 6. The number of primary amides is 1. The molecular formula is C13H23N3O5. The SMILES string of the molecule is C/C(CC1CC(COCOC(C)C)OC1=O)=N\NC(N)=O. The van der Waals surface area contributed by atoms with E-state index < -0.39 is 6.03 Å². The Bertz CT molecular complexity index is 397. The van der Waals surface area contributed by atoms with Crippen molar-refractivity contribution in [2.75, 3.05) is 13.4 Å². The summed E-state index contributed by atoms with van der Waals surface area (Å²) in [4.78, 5) is 22.3. The standard InChI is InChI=1S/C13H23N3O5/c1-8(2)20-7-19-6-11-5-10(12(17)21-11)4-9(3)15-16-13(14)18/h8,10-11H,4-7H2,1-3H3,(H3,14,16,18)/b15-9+. The second-order valence-corrected chi connectivity index (χ2v) is 5.22. The van der Waals surface area contributed by atoms with E-state index in [0.717, 1.165) is 0 Å². The maximum absolute atomic E-state index is 11.7. The minimum absolute atomic E-state index is 0.0977. The Morgan fingerprint density at radius 1 is 1.57 bits per heavy atom. The molecule has 2 amide bonds. The van der Waals surface area contributed by atoms with Crippen LogP contribution in [0.25, 0.3) is 0 Å². The molecule has 1 heterocycles. The van der Waals surface area contributed by atoms with Crippen LogP contribution in [0, 0.1) is 5.92 Å². The molecule has 3 N–H and O–H groups in total. The van der Waals surface area contributed by atoms with Crippen LogP contribution in [0.3, 0.4) is 0 Å². The van der Waals surface area contributed by atoms with E-state index in [1.54, 1.807) is 6.92 Å². The van der Waals surface area contributed by atoms with Gasteiger partial charge in [0.15, 0.2) is 0 Å². The highest BCUT2D eigenvalue weighted by atomic mass is 16.7. The van der Waals surface area contributed by atoms with Crippen LogP contribution in [-0.4, -0.2) is 43.3 Å². The van der Waals surface area contributed by atoms with Crippen molar-refractivity contribution in [1.82, 2.24) is 5.43 Å². The first-order valence-corrected chi connectivity index (χ1v) is 6.87. The molecular weight excluding hydrogens is 278 g/mol. The van der Waals surface area contributed by atoms with Crippen molar-refractivity contribution >= 4 is 17.7 Å². The lowest BCUT2D eigenvalue weighted by atomic mass is 9.99. The number of rotatable bonds is 8. The summed E-state index contributed by atoms with van der Waals surface area (Å²) in [5.74, 6) is -0.551. The average molecular weight is 301 g/mol. The normalized spacial score (nSPS) is 22.5. The van der Waals surface area contributed by atoms with Gasteiger partial charge in [0.1, 0.15) is 12.9 Å². The predicted octanol–water partition coefficient (Wildman–Crippen LogP) is 0.751. The number of hydrogen-bond donors (Lipinski definition) is 2. The minimum atomic E-state index is -0.736. The van der Waals surface area contributed by atoms with Crippen LogP contribution in [0.5, 0.6) is 0 Å². The van der Waals surface area contributed by atoms with Gasteiger partial charge >= 0.3 is 12.0 Å². The van der Waals surface area contributed by atoms with Crippen LogP contribution in [0.15, 0.2) is 5.10 Å². The Hall–Kier alpha value is -1.67. The number of esters is 1. The van der Waals surface area contributed by atoms with E-state index in [1.165, 1.54) is 0 Å². The Morgan fingerprint density at radius 2 is 2.29 bits per heavy atom. The number of hydrazone groups is 1. The van der Waals surface area contributed by atoms with Crippen molar-refractivity contribution in [3.05, 3.63) is 0 Å². The Labute approximate surface area is 124 Å². The minimum Gasteiger partial charge on any atom is -0.460 e. The van der Waals surface area contributed by atoms with Crippen LogP contribution in [0.2, 0.25) is 0 Å². The van der Waals surface area contributed by atoms with Gasteiger partial charge in [-0.05, 0) is 20.8 Å². The molecule has 0 aliphatic carbocycles. The molecule has 1 aliphatic heterocycles. The third-order valence-electron chi connectivity index (χ3n) is 2.85. The van der Waals surface area contributed by atoms with Gasteiger partial charge in [0, 0.05) is 18.6 Å². The number of carbonyl (C=O) groups excluding carboxylic acids is 2. The largest absolute Gasteiger partial charge is 0.460 e. The van der Waals surface area contributed by atoms with Gasteiger partial charge in [-0.3, -0.25) is 4.79 Å². The summed E-state index contributed by atoms with van der Waals surface area (Å²) in [5, 5.41) is 3.77. The van der Waals surface area contributed by atoms with Gasteiger partial charge < -0.3 is 19.9 Å². The van der Waals surface area contributed by atoms with E-state index in [0.29, 0.717) is 25.2 Å². The molecule has 0 spiro atoms. The molecule has 2 atom stereocenters. The van der Waals surface area contributed by atoms with Gasteiger partial charge in [-0.2, -0.15) is 5.10 Å². The van der Waals surface area contributed by atoms with Gasteiger partial charge in [-0.1, -0.05) is 0 Å². The number of ether oxygens (including phenoxy) is 3. The molecule has 1 saturated heterocycles. The van der Waals surface area contributed by atoms with Crippen LogP contribution in [0.1, 0.15) is 33.6 Å². The third kappa shape index (κ3) is 7.05. The number of carbonyl (C=O) groups is 2. The van der Waals surface area contributed by atoms with Crippen LogP contribution in [-0.2, 0) is 19.0 Å². The number of nitrogens with zero attached hydrogens (tertiary/aromatic N) is 1. The number of cyclic esters (lactones) is 1. The van der Waals surface area contributed by atoms with Gasteiger partial charge in [0.05, 0.1) is 18.6 Å². The van der Waals surface area contributed by atoms with E-state index in [4.69, 9.17) is 19.9 Å². The zero-order valence-electron chi connectivity index (χ0n) is 12.6. The van der Waals surface area contributed by atoms with Crippen molar-refractivity contribution in [3.8, 4) is 0 Å². The van der Waals surface area contributed by atoms with Gasteiger partial charge in [0.2, 0.25) is 0 Å². The Kier molecular flexibility index (Phi) is 7.10. The predicted molar refractivity (Wildman–Crippen MR) is 75.5 cm³/mol. The molecule has 0 radical (unpaired) electrons. The van der Waals surface area contributed by atoms with Crippen LogP contribution in [0.4, 0.5) is 4.79 Å². The second-order valence-electron chi connectivity index (χ2n) is 5.22. The molecule has 0 bridgehead atoms. The van der Waals surface area contributed by atoms with Gasteiger partial charge in [0.25, 0.3) is 0 Å². The zero-order valence-corrected chi connectivity index (χ0v) is 12.6. The van der Waals surface area contributed by atoms with Gasteiger partial charge in [-0.25, -0.2) is 10.2 Å². The summed E-state index contributed by atoms with van der Waals surface area (Å²) in [6.45, 7) is 6.03. The fourth-order valence-electron chi connectivity index (χ4n) is 1.91. The molecule has 8 heteroatoms. The van der Waals surface area contributed by atoms with Gasteiger partial charge in [-0.15, -0.1) is 0 Å².